The first kappa shape index (κ1) is 15.2. The predicted octanol–water partition coefficient (Wildman–Crippen LogP) is 3.85. The van der Waals surface area contributed by atoms with E-state index in [0.29, 0.717) is 10.8 Å². The lowest BCUT2D eigenvalue weighted by atomic mass is 10.1. The Balaban J connectivity index is 2.26. The molecule has 0 saturated heterocycles. The summed E-state index contributed by atoms with van der Waals surface area (Å²) in [7, 11) is 0. The summed E-state index contributed by atoms with van der Waals surface area (Å²) in [6.45, 7) is 1.96. The third kappa shape index (κ3) is 3.68. The summed E-state index contributed by atoms with van der Waals surface area (Å²) in [6, 6.07) is 7.40. The van der Waals surface area contributed by atoms with Gasteiger partial charge in [-0.1, -0.05) is 18.5 Å². The second-order valence-electron chi connectivity index (χ2n) is 4.40. The molecule has 2 aromatic rings. The van der Waals surface area contributed by atoms with E-state index in [1.54, 1.807) is 12.1 Å². The van der Waals surface area contributed by atoms with E-state index >= 15 is 0 Å². The van der Waals surface area contributed by atoms with E-state index in [1.165, 1.54) is 24.4 Å². The summed E-state index contributed by atoms with van der Waals surface area (Å²) in [5, 5.41) is 11.3. The van der Waals surface area contributed by atoms with Crippen molar-refractivity contribution in [1.29, 1.82) is 0 Å². The smallest absolute Gasteiger partial charge is 0.311 e. The molecule has 0 spiro atoms. The molecule has 0 aliphatic carbocycles. The van der Waals surface area contributed by atoms with E-state index < -0.39 is 4.92 Å². The molecule has 0 fully saturated rings. The van der Waals surface area contributed by atoms with Crippen LogP contribution in [-0.4, -0.2) is 9.91 Å². The number of nitro groups is 1. The lowest BCUT2D eigenvalue weighted by molar-refractivity contribution is -0.385. The van der Waals surface area contributed by atoms with Gasteiger partial charge < -0.3 is 10.5 Å². The quantitative estimate of drug-likeness (QED) is 0.669. The molecule has 2 N–H and O–H groups in total. The normalized spacial score (nSPS) is 12.0. The Bertz CT molecular complexity index is 646. The zero-order valence-corrected chi connectivity index (χ0v) is 12.1. The molecule has 7 heteroatoms. The Kier molecular flexibility index (Phi) is 4.72. The number of aromatic nitrogens is 1. The van der Waals surface area contributed by atoms with E-state index in [-0.39, 0.29) is 17.5 Å². The fraction of sp³-hybridized carbons (Fsp3) is 0.214. The van der Waals surface area contributed by atoms with Crippen molar-refractivity contribution in [2.75, 3.05) is 0 Å². The maximum absolute atomic E-state index is 11.0. The molecule has 0 unspecified atom stereocenters. The highest BCUT2D eigenvalue weighted by molar-refractivity contribution is 6.30. The number of nitrogens with zero attached hydrogens (tertiary/aromatic N) is 2. The summed E-state index contributed by atoms with van der Waals surface area (Å²) in [6.07, 6.45) is 2.25. The maximum atomic E-state index is 11.0. The summed E-state index contributed by atoms with van der Waals surface area (Å²) in [5.74, 6) is 0.453. The molecule has 0 amide bonds. The fourth-order valence-electron chi connectivity index (χ4n) is 1.73. The lowest BCUT2D eigenvalue weighted by Crippen LogP contribution is -2.10. The number of pyridine rings is 1. The second kappa shape index (κ2) is 6.51. The van der Waals surface area contributed by atoms with Gasteiger partial charge in [0.05, 0.1) is 16.8 Å². The monoisotopic (exact) mass is 307 g/mol. The zero-order chi connectivity index (χ0) is 15.4. The van der Waals surface area contributed by atoms with Gasteiger partial charge in [-0.25, -0.2) is 0 Å². The van der Waals surface area contributed by atoms with Crippen LogP contribution in [0.25, 0.3) is 0 Å². The minimum Gasteiger partial charge on any atom is -0.448 e. The van der Waals surface area contributed by atoms with Gasteiger partial charge in [0.25, 0.3) is 0 Å². The summed E-state index contributed by atoms with van der Waals surface area (Å²) < 4.78 is 5.49. The Morgan fingerprint density at radius 1 is 1.43 bits per heavy atom. The minimum atomic E-state index is -0.527. The Morgan fingerprint density at radius 2 is 2.19 bits per heavy atom. The maximum Gasteiger partial charge on any atom is 0.311 e. The largest absolute Gasteiger partial charge is 0.448 e. The Labute approximate surface area is 126 Å². The van der Waals surface area contributed by atoms with Gasteiger partial charge in [0.2, 0.25) is 5.75 Å². The van der Waals surface area contributed by atoms with E-state index in [1.807, 2.05) is 6.92 Å². The van der Waals surface area contributed by atoms with Crippen LogP contribution in [0.15, 0.2) is 36.5 Å². The van der Waals surface area contributed by atoms with Gasteiger partial charge in [-0.2, -0.15) is 0 Å². The molecule has 0 radical (unpaired) electrons. The summed E-state index contributed by atoms with van der Waals surface area (Å²) in [4.78, 5) is 14.6. The van der Waals surface area contributed by atoms with Gasteiger partial charge in [0, 0.05) is 23.2 Å². The van der Waals surface area contributed by atoms with Crippen LogP contribution in [0.3, 0.4) is 0 Å². The van der Waals surface area contributed by atoms with Crippen LogP contribution in [0.2, 0.25) is 5.02 Å². The molecule has 1 aromatic heterocycles. The molecule has 110 valence electrons. The number of rotatable bonds is 5. The van der Waals surface area contributed by atoms with Gasteiger partial charge in [0.1, 0.15) is 5.75 Å². The van der Waals surface area contributed by atoms with E-state index in [2.05, 4.69) is 4.98 Å². The molecule has 1 aromatic carbocycles. The molecule has 6 nitrogen and oxygen atoms in total. The third-order valence-electron chi connectivity index (χ3n) is 2.93. The van der Waals surface area contributed by atoms with Crippen molar-refractivity contribution in [1.82, 2.24) is 4.98 Å². The molecular weight excluding hydrogens is 294 g/mol. The number of hydrogen-bond acceptors (Lipinski definition) is 5. The SMILES string of the molecule is CC[C@H](N)c1ccc(Oc2cc(Cl)ccc2[N+](=O)[O-])cn1. The van der Waals surface area contributed by atoms with Crippen LogP contribution in [-0.2, 0) is 0 Å². The highest BCUT2D eigenvalue weighted by Crippen LogP contribution is 2.33. The number of nitro benzene ring substituents is 1. The number of halogens is 1. The van der Waals surface area contributed by atoms with Crippen LogP contribution in [0, 0.1) is 10.1 Å². The number of hydrogen-bond donors (Lipinski definition) is 1. The first-order chi connectivity index (χ1) is 10.0. The van der Waals surface area contributed by atoms with Gasteiger partial charge in [0.15, 0.2) is 0 Å². The average Bonchev–Trinajstić information content (AvgIpc) is 2.47. The fourth-order valence-corrected chi connectivity index (χ4v) is 1.89. The highest BCUT2D eigenvalue weighted by Gasteiger charge is 2.16. The zero-order valence-electron chi connectivity index (χ0n) is 11.3. The van der Waals surface area contributed by atoms with Crippen LogP contribution >= 0.6 is 11.6 Å². The van der Waals surface area contributed by atoms with E-state index in [0.717, 1.165) is 12.1 Å². The molecule has 1 atom stereocenters. The van der Waals surface area contributed by atoms with Crippen molar-refractivity contribution >= 4 is 17.3 Å². The van der Waals surface area contributed by atoms with Crippen molar-refractivity contribution in [3.05, 3.63) is 57.4 Å². The van der Waals surface area contributed by atoms with Gasteiger partial charge >= 0.3 is 5.69 Å². The first-order valence-electron chi connectivity index (χ1n) is 6.34. The van der Waals surface area contributed by atoms with Crippen LogP contribution in [0.1, 0.15) is 25.1 Å². The van der Waals surface area contributed by atoms with Crippen molar-refractivity contribution < 1.29 is 9.66 Å². The molecule has 0 bridgehead atoms. The highest BCUT2D eigenvalue weighted by atomic mass is 35.5. The Hall–Kier alpha value is -2.18. The van der Waals surface area contributed by atoms with Crippen molar-refractivity contribution in [3.63, 3.8) is 0 Å². The lowest BCUT2D eigenvalue weighted by Gasteiger charge is -2.10. The molecule has 0 saturated carbocycles. The van der Waals surface area contributed by atoms with Crippen LogP contribution < -0.4 is 10.5 Å². The van der Waals surface area contributed by atoms with Gasteiger partial charge in [-0.3, -0.25) is 15.1 Å². The van der Waals surface area contributed by atoms with E-state index in [4.69, 9.17) is 22.1 Å². The van der Waals surface area contributed by atoms with E-state index in [9.17, 15) is 10.1 Å². The summed E-state index contributed by atoms with van der Waals surface area (Å²) >= 11 is 5.84. The van der Waals surface area contributed by atoms with Crippen molar-refractivity contribution in [2.45, 2.75) is 19.4 Å². The standard InChI is InChI=1S/C14H14ClN3O3/c1-2-11(16)12-5-4-10(8-17-12)21-14-7-9(15)3-6-13(14)18(19)20/h3-8,11H,2,16H2,1H3/t11-/m0/s1. The van der Waals surface area contributed by atoms with Crippen molar-refractivity contribution in [3.8, 4) is 11.5 Å². The van der Waals surface area contributed by atoms with Crippen LogP contribution in [0.5, 0.6) is 11.5 Å². The molecule has 21 heavy (non-hydrogen) atoms. The molecular formula is C14H14ClN3O3. The number of benzene rings is 1. The third-order valence-corrected chi connectivity index (χ3v) is 3.16. The summed E-state index contributed by atoms with van der Waals surface area (Å²) in [5.41, 5.74) is 6.45. The van der Waals surface area contributed by atoms with Gasteiger partial charge in [-0.15, -0.1) is 0 Å². The number of ether oxygens (including phenoxy) is 1. The second-order valence-corrected chi connectivity index (χ2v) is 4.84. The molecule has 1 heterocycles. The average molecular weight is 308 g/mol. The first-order valence-corrected chi connectivity index (χ1v) is 6.72. The predicted molar refractivity (Wildman–Crippen MR) is 79.6 cm³/mol. The molecule has 2 rings (SSSR count). The van der Waals surface area contributed by atoms with Crippen molar-refractivity contribution in [2.24, 2.45) is 5.73 Å². The topological polar surface area (TPSA) is 91.3 Å². The van der Waals surface area contributed by atoms with Gasteiger partial charge in [-0.05, 0) is 24.6 Å². The minimum absolute atomic E-state index is 0.0711. The molecule has 0 aliphatic rings. The Morgan fingerprint density at radius 3 is 2.76 bits per heavy atom. The number of nitrogens with two attached hydrogens (primary N) is 1. The molecule has 0 aliphatic heterocycles. The van der Waals surface area contributed by atoms with Crippen LogP contribution in [0.4, 0.5) is 5.69 Å².